The van der Waals surface area contributed by atoms with Gasteiger partial charge in [-0.2, -0.15) is 0 Å². The maximum atomic E-state index is 12.9. The highest BCUT2D eigenvalue weighted by molar-refractivity contribution is 5.93. The number of hydrogen-bond acceptors (Lipinski definition) is 3. The second-order valence-corrected chi connectivity index (χ2v) is 7.02. The molecule has 2 heterocycles. The van der Waals surface area contributed by atoms with Crippen molar-refractivity contribution < 1.29 is 4.79 Å². The first-order valence-corrected chi connectivity index (χ1v) is 9.30. The number of carbonyl (C=O) groups excluding carboxylic acids is 1. The number of pyridine rings is 1. The fourth-order valence-electron chi connectivity index (χ4n) is 3.51. The molecule has 1 amide bonds. The summed E-state index contributed by atoms with van der Waals surface area (Å²) >= 11 is 0. The molecule has 27 heavy (non-hydrogen) atoms. The fraction of sp³-hybridized carbons (Fsp3) is 0.217. The van der Waals surface area contributed by atoms with Crippen LogP contribution in [0, 0.1) is 6.92 Å². The van der Waals surface area contributed by atoms with E-state index < -0.39 is 0 Å². The summed E-state index contributed by atoms with van der Waals surface area (Å²) in [6, 6.07) is 20.5. The van der Waals surface area contributed by atoms with Crippen LogP contribution in [-0.4, -0.2) is 22.3 Å². The lowest BCUT2D eigenvalue weighted by molar-refractivity contribution is 0.0729. The summed E-state index contributed by atoms with van der Waals surface area (Å²) in [5.74, 6) is -0.0105. The van der Waals surface area contributed by atoms with Crippen LogP contribution in [0.1, 0.15) is 32.7 Å². The van der Waals surface area contributed by atoms with Gasteiger partial charge in [0, 0.05) is 31.5 Å². The third-order valence-corrected chi connectivity index (χ3v) is 4.98. The zero-order chi connectivity index (χ0) is 18.6. The molecule has 0 atom stereocenters. The number of nitrogens with one attached hydrogen (secondary N) is 1. The van der Waals surface area contributed by atoms with E-state index in [-0.39, 0.29) is 5.91 Å². The second kappa shape index (κ2) is 7.62. The van der Waals surface area contributed by atoms with E-state index in [2.05, 4.69) is 59.7 Å². The van der Waals surface area contributed by atoms with Crippen LogP contribution in [0.3, 0.4) is 0 Å². The standard InChI is InChI=1S/C23H23N3O/c1-17-5-4-6-18(13-17)15-25-21-9-11-24-22(14-21)23(27)26-12-10-19-7-2-3-8-20(19)16-26/h2-9,11,13-14H,10,12,15-16H2,1H3,(H,24,25). The summed E-state index contributed by atoms with van der Waals surface area (Å²) < 4.78 is 0. The first-order chi connectivity index (χ1) is 13.2. The molecule has 2 aromatic carbocycles. The highest BCUT2D eigenvalue weighted by atomic mass is 16.2. The molecular formula is C23H23N3O. The Morgan fingerprint density at radius 2 is 1.93 bits per heavy atom. The Balaban J connectivity index is 1.45. The molecule has 0 bridgehead atoms. The summed E-state index contributed by atoms with van der Waals surface area (Å²) in [5, 5.41) is 3.39. The first kappa shape index (κ1) is 17.3. The summed E-state index contributed by atoms with van der Waals surface area (Å²) in [6.45, 7) is 4.19. The minimum atomic E-state index is -0.0105. The van der Waals surface area contributed by atoms with E-state index in [1.165, 1.54) is 22.3 Å². The molecule has 0 saturated heterocycles. The van der Waals surface area contributed by atoms with Crippen molar-refractivity contribution in [1.82, 2.24) is 9.88 Å². The topological polar surface area (TPSA) is 45.2 Å². The minimum Gasteiger partial charge on any atom is -0.381 e. The van der Waals surface area contributed by atoms with Gasteiger partial charge in [0.1, 0.15) is 5.69 Å². The van der Waals surface area contributed by atoms with Gasteiger partial charge in [0.25, 0.3) is 5.91 Å². The van der Waals surface area contributed by atoms with Crippen molar-refractivity contribution in [2.45, 2.75) is 26.4 Å². The molecule has 0 spiro atoms. The van der Waals surface area contributed by atoms with Crippen LogP contribution in [0.4, 0.5) is 5.69 Å². The lowest BCUT2D eigenvalue weighted by atomic mass is 10.00. The third kappa shape index (κ3) is 4.00. The number of hydrogen-bond donors (Lipinski definition) is 1. The zero-order valence-electron chi connectivity index (χ0n) is 15.5. The maximum Gasteiger partial charge on any atom is 0.272 e. The summed E-state index contributed by atoms with van der Waals surface area (Å²) in [5.41, 5.74) is 6.42. The van der Waals surface area contributed by atoms with Crippen molar-refractivity contribution in [3.05, 3.63) is 94.8 Å². The monoisotopic (exact) mass is 357 g/mol. The number of anilines is 1. The Morgan fingerprint density at radius 3 is 2.78 bits per heavy atom. The molecule has 0 fully saturated rings. The maximum absolute atomic E-state index is 12.9. The number of amides is 1. The molecule has 1 aliphatic rings. The molecule has 1 aliphatic heterocycles. The molecule has 4 rings (SSSR count). The van der Waals surface area contributed by atoms with Gasteiger partial charge in [0.05, 0.1) is 0 Å². The Bertz CT molecular complexity index is 967. The SMILES string of the molecule is Cc1cccc(CNc2ccnc(C(=O)N3CCc4ccccc4C3)c2)c1. The molecule has 136 valence electrons. The smallest absolute Gasteiger partial charge is 0.272 e. The first-order valence-electron chi connectivity index (χ1n) is 9.30. The Kier molecular flexibility index (Phi) is 4.88. The molecule has 3 aromatic rings. The molecule has 1 aromatic heterocycles. The van der Waals surface area contributed by atoms with Gasteiger partial charge in [-0.25, -0.2) is 0 Å². The number of fused-ring (bicyclic) bond motifs is 1. The average Bonchev–Trinajstić information content (AvgIpc) is 2.71. The molecule has 4 nitrogen and oxygen atoms in total. The Morgan fingerprint density at radius 1 is 1.07 bits per heavy atom. The normalized spacial score (nSPS) is 13.1. The van der Waals surface area contributed by atoms with Gasteiger partial charge in [-0.3, -0.25) is 9.78 Å². The van der Waals surface area contributed by atoms with E-state index >= 15 is 0 Å². The lowest BCUT2D eigenvalue weighted by Crippen LogP contribution is -2.36. The van der Waals surface area contributed by atoms with E-state index in [0.29, 0.717) is 12.2 Å². The molecule has 0 aliphatic carbocycles. The van der Waals surface area contributed by atoms with Crippen LogP contribution >= 0.6 is 0 Å². The van der Waals surface area contributed by atoms with Gasteiger partial charge in [-0.15, -0.1) is 0 Å². The Hall–Kier alpha value is -3.14. The largest absolute Gasteiger partial charge is 0.381 e. The predicted molar refractivity (Wildman–Crippen MR) is 108 cm³/mol. The summed E-state index contributed by atoms with van der Waals surface area (Å²) in [6.07, 6.45) is 2.59. The lowest BCUT2D eigenvalue weighted by Gasteiger charge is -2.28. The van der Waals surface area contributed by atoms with Crippen molar-refractivity contribution in [2.75, 3.05) is 11.9 Å². The van der Waals surface area contributed by atoms with E-state index in [0.717, 1.165) is 25.2 Å². The van der Waals surface area contributed by atoms with Crippen molar-refractivity contribution in [3.63, 3.8) is 0 Å². The summed E-state index contributed by atoms with van der Waals surface area (Å²) in [7, 11) is 0. The van der Waals surface area contributed by atoms with Gasteiger partial charge in [0.15, 0.2) is 0 Å². The van der Waals surface area contributed by atoms with Crippen LogP contribution in [0.5, 0.6) is 0 Å². The quantitative estimate of drug-likeness (QED) is 0.761. The number of nitrogens with zero attached hydrogens (tertiary/aromatic N) is 2. The van der Waals surface area contributed by atoms with Crippen LogP contribution < -0.4 is 5.32 Å². The summed E-state index contributed by atoms with van der Waals surface area (Å²) in [4.78, 5) is 19.1. The van der Waals surface area contributed by atoms with Crippen LogP contribution in [0.15, 0.2) is 66.9 Å². The van der Waals surface area contributed by atoms with E-state index in [1.807, 2.05) is 23.1 Å². The van der Waals surface area contributed by atoms with E-state index in [9.17, 15) is 4.79 Å². The van der Waals surface area contributed by atoms with Gasteiger partial charge in [-0.05, 0) is 42.2 Å². The van der Waals surface area contributed by atoms with Crippen LogP contribution in [-0.2, 0) is 19.5 Å². The van der Waals surface area contributed by atoms with E-state index in [1.54, 1.807) is 6.20 Å². The molecule has 0 saturated carbocycles. The Labute approximate surface area is 159 Å². The second-order valence-electron chi connectivity index (χ2n) is 7.02. The highest BCUT2D eigenvalue weighted by Crippen LogP contribution is 2.20. The van der Waals surface area contributed by atoms with Crippen LogP contribution in [0.25, 0.3) is 0 Å². The number of aryl methyl sites for hydroxylation is 1. The molecule has 1 N–H and O–H groups in total. The van der Waals surface area contributed by atoms with Crippen molar-refractivity contribution >= 4 is 11.6 Å². The number of carbonyl (C=O) groups is 1. The van der Waals surface area contributed by atoms with Gasteiger partial charge in [-0.1, -0.05) is 54.1 Å². The number of rotatable bonds is 4. The van der Waals surface area contributed by atoms with Gasteiger partial charge in [0.2, 0.25) is 0 Å². The zero-order valence-corrected chi connectivity index (χ0v) is 15.5. The predicted octanol–water partition coefficient (Wildman–Crippen LogP) is 4.20. The third-order valence-electron chi connectivity index (χ3n) is 4.98. The number of benzene rings is 2. The van der Waals surface area contributed by atoms with Crippen molar-refractivity contribution in [3.8, 4) is 0 Å². The molecular weight excluding hydrogens is 334 g/mol. The van der Waals surface area contributed by atoms with Crippen molar-refractivity contribution in [2.24, 2.45) is 0 Å². The minimum absolute atomic E-state index is 0.0105. The van der Waals surface area contributed by atoms with Gasteiger partial charge >= 0.3 is 0 Å². The molecule has 0 unspecified atom stereocenters. The molecule has 0 radical (unpaired) electrons. The van der Waals surface area contributed by atoms with Crippen molar-refractivity contribution in [1.29, 1.82) is 0 Å². The highest BCUT2D eigenvalue weighted by Gasteiger charge is 2.22. The average molecular weight is 357 g/mol. The number of aromatic nitrogens is 1. The van der Waals surface area contributed by atoms with Gasteiger partial charge < -0.3 is 10.2 Å². The fourth-order valence-corrected chi connectivity index (χ4v) is 3.51. The van der Waals surface area contributed by atoms with Crippen LogP contribution in [0.2, 0.25) is 0 Å². The molecule has 4 heteroatoms. The van der Waals surface area contributed by atoms with E-state index in [4.69, 9.17) is 0 Å².